The van der Waals surface area contributed by atoms with E-state index < -0.39 is 0 Å². The van der Waals surface area contributed by atoms with E-state index in [2.05, 4.69) is 11.7 Å². The molecule has 0 aliphatic carbocycles. The summed E-state index contributed by atoms with van der Waals surface area (Å²) in [4.78, 5) is 0. The number of nitrogens with two attached hydrogens (primary N) is 2. The van der Waals surface area contributed by atoms with Crippen molar-refractivity contribution in [3.8, 4) is 0 Å². The average Bonchev–Trinajstić information content (AvgIpc) is 1.00. The van der Waals surface area contributed by atoms with Crippen molar-refractivity contribution in [2.45, 2.75) is 0 Å². The van der Waals surface area contributed by atoms with Crippen LogP contribution in [0.25, 0.3) is 0 Å². The minimum atomic E-state index is 0. The first-order chi connectivity index (χ1) is 1.00. The van der Waals surface area contributed by atoms with E-state index in [9.17, 15) is 0 Å². The van der Waals surface area contributed by atoms with Gasteiger partial charge < -0.3 is 0 Å². The third-order valence-corrected chi connectivity index (χ3v) is 0. The van der Waals surface area contributed by atoms with Gasteiger partial charge in [-0.2, -0.15) is 0 Å². The van der Waals surface area contributed by atoms with Crippen LogP contribution in [-0.2, 0) is 0 Å². The van der Waals surface area contributed by atoms with Crippen LogP contribution in [0.1, 0.15) is 0 Å². The Labute approximate surface area is 29.7 Å². The van der Waals surface area contributed by atoms with Gasteiger partial charge in [-0.1, -0.05) is 0 Å². The van der Waals surface area contributed by atoms with Crippen LogP contribution in [0, 0.1) is 0 Å². The summed E-state index contributed by atoms with van der Waals surface area (Å²) in [6.45, 7) is 0. The summed E-state index contributed by atoms with van der Waals surface area (Å²) in [5.41, 5.74) is 0. The molecule has 4 heavy (non-hydrogen) atoms. The Balaban J connectivity index is -0.00000000500. The number of hydrogen-bond acceptors (Lipinski definition) is 2. The summed E-state index contributed by atoms with van der Waals surface area (Å²) in [6.07, 6.45) is 0. The Morgan fingerprint density at radius 3 is 0.750 bits per heavy atom. The van der Waals surface area contributed by atoms with Gasteiger partial charge in [0, 0.05) is 0 Å². The molecule has 0 aliphatic rings. The Hall–Kier alpha value is 0.0499. The van der Waals surface area contributed by atoms with Crippen molar-refractivity contribution in [2.24, 2.45) is 11.7 Å². The molecular weight excluding hydrogens is 49.6 g/mol. The first kappa shape index (κ1) is 34.2. The molecule has 2 nitrogen and oxygen atoms in total. The summed E-state index contributed by atoms with van der Waals surface area (Å²) in [6, 6.07) is 0. The molecule has 0 saturated carbocycles. The van der Waals surface area contributed by atoms with Crippen LogP contribution >= 0.6 is 0 Å². The lowest BCUT2D eigenvalue weighted by Gasteiger charge is -1.27. The van der Waals surface area contributed by atoms with E-state index in [-0.39, 0.29) is 16.8 Å². The summed E-state index contributed by atoms with van der Waals surface area (Å²) < 4.78 is 0. The summed E-state index contributed by atoms with van der Waals surface area (Å²) in [5.74, 6) is 8.00. The van der Waals surface area contributed by atoms with Crippen molar-refractivity contribution in [3.63, 3.8) is 0 Å². The van der Waals surface area contributed by atoms with Crippen LogP contribution in [0.3, 0.4) is 0 Å². The highest BCUT2D eigenvalue weighted by Gasteiger charge is 0.726. The molecule has 0 unspecified atom stereocenters. The average molecular weight is 59.7 g/mol. The smallest absolute Gasteiger partial charge is 0.0814 e. The molecule has 4 N–H and O–H groups in total. The second-order valence-electron chi connectivity index (χ2n) is 0. The molecule has 0 aromatic heterocycles. The van der Waals surface area contributed by atoms with E-state index in [1.165, 1.54) is 0 Å². The van der Waals surface area contributed by atoms with Gasteiger partial charge in [0.05, 0.1) is 16.8 Å². The van der Waals surface area contributed by atoms with E-state index in [0.29, 0.717) is 0 Å². The molecule has 0 aromatic carbocycles. The van der Waals surface area contributed by atoms with Gasteiger partial charge in [0.15, 0.2) is 0 Å². The van der Waals surface area contributed by atoms with Crippen LogP contribution in [0.15, 0.2) is 0 Å². The molecule has 0 radical (unpaired) electrons. The van der Waals surface area contributed by atoms with Crippen LogP contribution in [0.2, 0.25) is 0 Å². The highest BCUT2D eigenvalue weighted by Crippen LogP contribution is -0.0190. The Morgan fingerprint density at radius 2 is 0.750 bits per heavy atom. The fourth-order valence-electron chi connectivity index (χ4n) is 0. The maximum absolute atomic E-state index is 4.00. The van der Waals surface area contributed by atoms with Gasteiger partial charge in [0.2, 0.25) is 0 Å². The standard InChI is InChI=1S/2BH3.H4N2/c;;1-2/h2*1H3;1-2H2. The fourth-order valence-corrected chi connectivity index (χ4v) is 0. The Kier molecular flexibility index (Phi) is 44000. The van der Waals surface area contributed by atoms with Gasteiger partial charge in [0.1, 0.15) is 0 Å². The molecule has 26 valence electrons. The second kappa shape index (κ2) is 5150. The predicted molar refractivity (Wildman–Crippen MR) is 28.3 cm³/mol. The first-order valence-electron chi connectivity index (χ1n) is 0.333. The molecule has 0 aliphatic heterocycles. The fraction of sp³-hybridized carbons (Fsp3) is 0. The lowest BCUT2D eigenvalue weighted by Crippen LogP contribution is -2.02. The maximum Gasteiger partial charge on any atom is 0.0814 e. The van der Waals surface area contributed by atoms with Gasteiger partial charge in [-0.05, 0) is 0 Å². The van der Waals surface area contributed by atoms with Crippen molar-refractivity contribution in [3.05, 3.63) is 0 Å². The van der Waals surface area contributed by atoms with E-state index in [1.807, 2.05) is 0 Å². The molecule has 0 heterocycles. The zero-order chi connectivity index (χ0) is 2.00. The summed E-state index contributed by atoms with van der Waals surface area (Å²) >= 11 is 0. The number of hydrogen-bond donors (Lipinski definition) is 2. The molecule has 0 rings (SSSR count). The molecule has 4 heteroatoms. The van der Waals surface area contributed by atoms with Crippen molar-refractivity contribution in [2.75, 3.05) is 0 Å². The van der Waals surface area contributed by atoms with Crippen molar-refractivity contribution >= 4 is 16.8 Å². The third kappa shape index (κ3) is 908. The Morgan fingerprint density at radius 1 is 0.750 bits per heavy atom. The van der Waals surface area contributed by atoms with Gasteiger partial charge in [-0.15, -0.1) is 0 Å². The third-order valence-electron chi connectivity index (χ3n) is 0. The van der Waals surface area contributed by atoms with Crippen LogP contribution in [-0.4, -0.2) is 16.8 Å². The zero-order valence-electron chi connectivity index (χ0n) is 1.15. The number of hydrazine groups is 1. The van der Waals surface area contributed by atoms with E-state index in [1.54, 1.807) is 0 Å². The van der Waals surface area contributed by atoms with Crippen molar-refractivity contribution in [1.82, 2.24) is 0 Å². The van der Waals surface area contributed by atoms with E-state index >= 15 is 0 Å². The monoisotopic (exact) mass is 60.1 g/mol. The normalized spacial score (nSPS) is 1.50. The highest BCUT2D eigenvalue weighted by atomic mass is 15.0. The quantitative estimate of drug-likeness (QED) is 0.173. The molecule has 0 atom stereocenters. The Bertz CT molecular complexity index is 4.00. The van der Waals surface area contributed by atoms with Gasteiger partial charge in [0.25, 0.3) is 0 Å². The molecule has 0 spiro atoms. The zero-order valence-corrected chi connectivity index (χ0v) is 1.15. The van der Waals surface area contributed by atoms with E-state index in [0.717, 1.165) is 0 Å². The summed E-state index contributed by atoms with van der Waals surface area (Å²) in [7, 11) is 0. The van der Waals surface area contributed by atoms with Gasteiger partial charge in [-0.25, -0.2) is 0 Å². The number of rotatable bonds is 0. The molecule has 0 fully saturated rings. The minimum absolute atomic E-state index is 0. The minimum Gasteiger partial charge on any atom is -0.274 e. The highest BCUT2D eigenvalue weighted by molar-refractivity contribution is 5.76. The topological polar surface area (TPSA) is 52.0 Å². The van der Waals surface area contributed by atoms with Gasteiger partial charge >= 0.3 is 0 Å². The molecule has 0 amide bonds. The van der Waals surface area contributed by atoms with Crippen molar-refractivity contribution < 1.29 is 0 Å². The van der Waals surface area contributed by atoms with E-state index in [4.69, 9.17) is 0 Å². The summed E-state index contributed by atoms with van der Waals surface area (Å²) in [5, 5.41) is 0. The lowest BCUT2D eigenvalue weighted by atomic mass is 10.8. The van der Waals surface area contributed by atoms with Crippen molar-refractivity contribution in [1.29, 1.82) is 0 Å². The molecule has 0 aromatic rings. The van der Waals surface area contributed by atoms with Crippen LogP contribution < -0.4 is 11.7 Å². The van der Waals surface area contributed by atoms with Crippen LogP contribution in [0.4, 0.5) is 0 Å². The predicted octanol–water partition coefficient (Wildman–Crippen LogP) is -3.55. The largest absolute Gasteiger partial charge is 0.274 e. The molecule has 0 bridgehead atoms. The SMILES string of the molecule is B.B.NN. The van der Waals surface area contributed by atoms with Gasteiger partial charge in [-0.3, -0.25) is 11.7 Å². The first-order valence-corrected chi connectivity index (χ1v) is 0.333. The maximum atomic E-state index is 4.00. The molecule has 0 saturated heterocycles. The van der Waals surface area contributed by atoms with Crippen LogP contribution in [0.5, 0.6) is 0 Å². The lowest BCUT2D eigenvalue weighted by molar-refractivity contribution is 1.26. The second-order valence-corrected chi connectivity index (χ2v) is 0. The molecular formula is H10B2N2.